The van der Waals surface area contributed by atoms with Gasteiger partial charge in [0.05, 0.1) is 35.8 Å². The summed E-state index contributed by atoms with van der Waals surface area (Å²) in [6, 6.07) is 13.3. The molecule has 0 atom stereocenters. The number of nitrogens with one attached hydrogen (secondary N) is 4. The molecule has 6 heterocycles. The number of benzene rings is 2. The van der Waals surface area contributed by atoms with E-state index in [1.54, 1.807) is 72.1 Å². The van der Waals surface area contributed by atoms with Crippen LogP contribution >= 0.6 is 22.7 Å². The van der Waals surface area contributed by atoms with Crippen LogP contribution < -0.4 is 66.8 Å². The second kappa shape index (κ2) is 25.0. The van der Waals surface area contributed by atoms with Crippen molar-refractivity contribution in [2.45, 2.75) is 40.8 Å². The Morgan fingerprint density at radius 2 is 1.08 bits per heavy atom. The number of carbonyl (C=O) groups is 4. The number of aromatic carboxylic acids is 2. The predicted octanol–water partition coefficient (Wildman–Crippen LogP) is 3.63. The van der Waals surface area contributed by atoms with Gasteiger partial charge in [0.2, 0.25) is 5.43 Å². The fourth-order valence-electron chi connectivity index (χ4n) is 7.64. The van der Waals surface area contributed by atoms with E-state index >= 15 is 0 Å². The average molecular weight is 1040 g/mol. The first kappa shape index (κ1) is 55.1. The summed E-state index contributed by atoms with van der Waals surface area (Å²) in [4.78, 5) is 91.5. The third kappa shape index (κ3) is 12.9. The maximum Gasteiger partial charge on any atom is 1.00 e. The molecule has 20 nitrogen and oxygen atoms in total. The molecule has 5 N–H and O–H groups in total. The number of ether oxygens (including phenoxy) is 2. The van der Waals surface area contributed by atoms with Gasteiger partial charge in [0, 0.05) is 120 Å². The van der Waals surface area contributed by atoms with Crippen molar-refractivity contribution in [3.63, 3.8) is 0 Å². The summed E-state index contributed by atoms with van der Waals surface area (Å²) in [7, 11) is 3.10. The minimum Gasteiger partial charge on any atom is -0.545 e. The Morgan fingerprint density at radius 3 is 1.45 bits per heavy atom. The second-order valence-electron chi connectivity index (χ2n) is 16.0. The average Bonchev–Trinajstić information content (AvgIpc) is 4.01. The molecule has 73 heavy (non-hydrogen) atoms. The summed E-state index contributed by atoms with van der Waals surface area (Å²) in [6.45, 7) is 9.79. The molecule has 0 fully saturated rings. The predicted molar refractivity (Wildman–Crippen MR) is 275 cm³/mol. The number of nitrogens with zero attached hydrogens (tertiary/aromatic N) is 6. The minimum atomic E-state index is -1.54. The van der Waals surface area contributed by atoms with Crippen molar-refractivity contribution in [1.29, 1.82) is 0 Å². The standard InChI is InChI=1S/2C25H25N5O5S.Na/c2*1-4-26-25(34)29-21-10-16(23-28-14(2)13-36-23)18(11-27-21)15-5-6-20-17(9-15)22(31)19(24(32)33)12-30(20)7-8-35-3;/h2*5-6,9-13H,4,7-8H2,1-3H3,(H,32,33)(H2,26,27,29,34);/q;;+1/p-1. The van der Waals surface area contributed by atoms with Gasteiger partial charge in [-0.05, 0) is 75.2 Å². The number of aromatic nitrogens is 6. The molecule has 0 spiro atoms. The number of carboxylic acid groups (broad SMARTS) is 2. The van der Waals surface area contributed by atoms with Crippen molar-refractivity contribution in [3.05, 3.63) is 127 Å². The van der Waals surface area contributed by atoms with Crippen molar-refractivity contribution in [2.24, 2.45) is 0 Å². The van der Waals surface area contributed by atoms with Crippen LogP contribution in [0.1, 0.15) is 46.0 Å². The molecule has 8 rings (SSSR count). The van der Waals surface area contributed by atoms with E-state index in [1.807, 2.05) is 50.6 Å². The van der Waals surface area contributed by atoms with Crippen LogP contribution in [0, 0.1) is 13.8 Å². The Bertz CT molecular complexity index is 3260. The second-order valence-corrected chi connectivity index (χ2v) is 17.7. The van der Waals surface area contributed by atoms with Gasteiger partial charge in [0.15, 0.2) is 5.43 Å². The SMILES string of the molecule is CCNC(=O)Nc1cc(-c2nc(C)cs2)c(-c2ccc3c(c2)c(=O)c(C(=O)O)cn3CCOC)cn1.CCNC(=O)Nc1cc(-c2nc(C)cs2)c(-c2ccc3c(c2)c(=O)c(C(=O)[O-])cn3CCOC)cn1.[Na+]. The molecule has 4 amide bonds. The Hall–Kier alpha value is -7.18. The van der Waals surface area contributed by atoms with Gasteiger partial charge in [-0.3, -0.25) is 20.2 Å². The number of methoxy groups -OCH3 is 2. The largest absolute Gasteiger partial charge is 1.00 e. The molecule has 0 bridgehead atoms. The van der Waals surface area contributed by atoms with Crippen LogP contribution in [0.15, 0.2) is 93.7 Å². The van der Waals surface area contributed by atoms with Crippen LogP contribution in [-0.2, 0) is 22.6 Å². The third-order valence-corrected chi connectivity index (χ3v) is 13.0. The first-order valence-electron chi connectivity index (χ1n) is 22.4. The van der Waals surface area contributed by atoms with Gasteiger partial charge in [0.25, 0.3) is 0 Å². The number of carbonyl (C=O) groups excluding carboxylic acids is 3. The van der Waals surface area contributed by atoms with Crippen molar-refractivity contribution >= 4 is 80.1 Å². The zero-order valence-corrected chi connectivity index (χ0v) is 44.6. The van der Waals surface area contributed by atoms with E-state index < -0.39 is 28.4 Å². The molecule has 0 radical (unpaired) electrons. The number of hydrogen-bond donors (Lipinski definition) is 5. The first-order valence-corrected chi connectivity index (χ1v) is 24.1. The zero-order valence-electron chi connectivity index (χ0n) is 40.9. The van der Waals surface area contributed by atoms with Crippen molar-refractivity contribution in [2.75, 3.05) is 51.2 Å². The van der Waals surface area contributed by atoms with E-state index in [0.29, 0.717) is 94.9 Å². The topological polar surface area (TPSA) is 274 Å². The minimum absolute atomic E-state index is 0. The number of fused-ring (bicyclic) bond motifs is 2. The number of hydrogen-bond acceptors (Lipinski definition) is 15. The fraction of sp³-hybridized carbons (Fsp3) is 0.240. The molecule has 0 aliphatic heterocycles. The molecule has 2 aromatic carbocycles. The Morgan fingerprint density at radius 1 is 0.658 bits per heavy atom. The van der Waals surface area contributed by atoms with Crippen LogP contribution in [0.5, 0.6) is 0 Å². The number of pyridine rings is 4. The van der Waals surface area contributed by atoms with E-state index in [2.05, 4.69) is 41.2 Å². The summed E-state index contributed by atoms with van der Waals surface area (Å²) in [5, 5.41) is 37.8. The molecular weight excluding hydrogens is 988 g/mol. The van der Waals surface area contributed by atoms with Crippen molar-refractivity contribution in [3.8, 4) is 43.4 Å². The van der Waals surface area contributed by atoms with Gasteiger partial charge >= 0.3 is 47.6 Å². The third-order valence-electron chi connectivity index (χ3n) is 11.0. The van der Waals surface area contributed by atoms with Gasteiger partial charge in [-0.2, -0.15) is 0 Å². The number of aryl methyl sites for hydroxylation is 2. The normalized spacial score (nSPS) is 10.8. The van der Waals surface area contributed by atoms with Crippen molar-refractivity contribution < 1.29 is 68.4 Å². The number of rotatable bonds is 16. The van der Waals surface area contributed by atoms with E-state index in [9.17, 15) is 39.0 Å². The molecule has 0 aliphatic rings. The maximum atomic E-state index is 13.1. The van der Waals surface area contributed by atoms with E-state index in [0.717, 1.165) is 22.0 Å². The van der Waals surface area contributed by atoms with Crippen LogP contribution in [0.4, 0.5) is 21.2 Å². The smallest absolute Gasteiger partial charge is 0.545 e. The summed E-state index contributed by atoms with van der Waals surface area (Å²) in [6.07, 6.45) is 5.84. The molecule has 23 heteroatoms. The monoisotopic (exact) mass is 1040 g/mol. The van der Waals surface area contributed by atoms with Gasteiger partial charge in [0.1, 0.15) is 27.2 Å². The van der Waals surface area contributed by atoms with E-state index in [-0.39, 0.29) is 58.0 Å². The number of carboxylic acids is 2. The fourth-order valence-corrected chi connectivity index (χ4v) is 9.29. The van der Waals surface area contributed by atoms with Crippen LogP contribution in [0.2, 0.25) is 0 Å². The Kier molecular flexibility index (Phi) is 18.9. The van der Waals surface area contributed by atoms with E-state index in [4.69, 9.17) is 9.47 Å². The molecule has 372 valence electrons. The van der Waals surface area contributed by atoms with Gasteiger partial charge in [-0.25, -0.2) is 34.3 Å². The Labute approximate surface area is 447 Å². The molecule has 8 aromatic rings. The first-order chi connectivity index (χ1) is 34.6. The van der Waals surface area contributed by atoms with Gasteiger partial charge in [-0.1, -0.05) is 12.1 Å². The number of thiazole rings is 2. The number of urea groups is 2. The molecule has 0 saturated carbocycles. The van der Waals surface area contributed by atoms with Crippen LogP contribution in [0.25, 0.3) is 65.2 Å². The summed E-state index contributed by atoms with van der Waals surface area (Å²) >= 11 is 2.89. The summed E-state index contributed by atoms with van der Waals surface area (Å²) in [5.74, 6) is -2.14. The molecular formula is C50H49N10NaO10S2. The molecule has 0 saturated heterocycles. The van der Waals surface area contributed by atoms with Crippen LogP contribution in [0.3, 0.4) is 0 Å². The number of anilines is 2. The molecule has 0 unspecified atom stereocenters. The number of amides is 4. The summed E-state index contributed by atoms with van der Waals surface area (Å²) < 4.78 is 13.6. The zero-order chi connectivity index (χ0) is 51.6. The van der Waals surface area contributed by atoms with E-state index in [1.165, 1.54) is 35.1 Å². The summed E-state index contributed by atoms with van der Waals surface area (Å²) in [5.41, 5.74) is 5.04. The van der Waals surface area contributed by atoms with Crippen molar-refractivity contribution in [1.82, 2.24) is 39.7 Å². The van der Waals surface area contributed by atoms with Crippen LogP contribution in [-0.4, -0.2) is 98.7 Å². The molecule has 6 aromatic heterocycles. The maximum absolute atomic E-state index is 13.1. The Balaban J connectivity index is 0.000000235. The van der Waals surface area contributed by atoms with Gasteiger partial charge < -0.3 is 44.2 Å². The molecule has 0 aliphatic carbocycles. The van der Waals surface area contributed by atoms with Gasteiger partial charge in [-0.15, -0.1) is 22.7 Å². The quantitative estimate of drug-likeness (QED) is 0.0866.